The number of hydrogen-bond acceptors (Lipinski definition) is 8. The second-order valence-corrected chi connectivity index (χ2v) is 5.21. The lowest BCUT2D eigenvalue weighted by molar-refractivity contribution is -0.0439. The molecule has 6 N–H and O–H groups in total. The lowest BCUT2D eigenvalue weighted by Gasteiger charge is -2.14. The predicted molar refractivity (Wildman–Crippen MR) is 73.5 cm³/mol. The highest BCUT2D eigenvalue weighted by atomic mass is 79.9. The van der Waals surface area contributed by atoms with Crippen molar-refractivity contribution in [2.24, 2.45) is 0 Å². The maximum atomic E-state index is 9.81. The first-order chi connectivity index (χ1) is 9.51. The number of ether oxygens (including phenoxy) is 1. The molecule has 20 heavy (non-hydrogen) atoms. The molecule has 3 unspecified atom stereocenters. The molecule has 1 aliphatic rings. The molecule has 0 radical (unpaired) electrons. The normalized spacial score (nSPS) is 26.4. The van der Waals surface area contributed by atoms with Gasteiger partial charge in [0.1, 0.15) is 12.3 Å². The Morgan fingerprint density at radius 3 is 2.75 bits per heavy atom. The number of fused-ring (bicyclic) bond motifs is 1. The number of hydrogen-bond donors (Lipinski definition) is 4. The van der Waals surface area contributed by atoms with Crippen LogP contribution in [0.3, 0.4) is 0 Å². The van der Waals surface area contributed by atoms with Crippen molar-refractivity contribution < 1.29 is 14.9 Å². The van der Waals surface area contributed by atoms with Crippen molar-refractivity contribution >= 4 is 38.9 Å². The van der Waals surface area contributed by atoms with E-state index < -0.39 is 18.4 Å². The van der Waals surface area contributed by atoms with E-state index in [1.54, 1.807) is 4.57 Å². The predicted octanol–water partition coefficient (Wildman–Crippen LogP) is -0.606. The molecule has 0 aromatic carbocycles. The number of nitrogens with two attached hydrogens (primary N) is 2. The molecule has 0 bridgehead atoms. The molecule has 1 saturated heterocycles. The fourth-order valence-corrected chi connectivity index (χ4v) is 2.85. The summed E-state index contributed by atoms with van der Waals surface area (Å²) in [5.74, 6) is 0.199. The van der Waals surface area contributed by atoms with Gasteiger partial charge in [-0.05, 0) is 15.9 Å². The Balaban J connectivity index is 2.10. The first-order valence-electron chi connectivity index (χ1n) is 5.92. The Kier molecular flexibility index (Phi) is 3.24. The summed E-state index contributed by atoms with van der Waals surface area (Å²) in [5.41, 5.74) is 12.2. The van der Waals surface area contributed by atoms with E-state index >= 15 is 0 Å². The van der Waals surface area contributed by atoms with Gasteiger partial charge in [-0.25, -0.2) is 4.98 Å². The highest BCUT2D eigenvalue weighted by molar-refractivity contribution is 9.10. The lowest BCUT2D eigenvalue weighted by Crippen LogP contribution is -2.24. The zero-order chi connectivity index (χ0) is 14.4. The summed E-state index contributed by atoms with van der Waals surface area (Å²) in [4.78, 5) is 12.2. The number of anilines is 2. The van der Waals surface area contributed by atoms with Gasteiger partial charge in [0.05, 0.1) is 12.7 Å². The highest BCUT2D eigenvalue weighted by Crippen LogP contribution is 2.34. The van der Waals surface area contributed by atoms with Gasteiger partial charge in [-0.15, -0.1) is 0 Å². The summed E-state index contributed by atoms with van der Waals surface area (Å²) in [6, 6.07) is 0. The van der Waals surface area contributed by atoms with Crippen molar-refractivity contribution in [1.82, 2.24) is 19.5 Å². The molecule has 3 atom stereocenters. The molecule has 0 aliphatic carbocycles. The van der Waals surface area contributed by atoms with Crippen molar-refractivity contribution in [3.8, 4) is 0 Å². The monoisotopic (exact) mass is 344 g/mol. The molecular formula is C10H13BrN6O3. The van der Waals surface area contributed by atoms with Crippen LogP contribution < -0.4 is 11.5 Å². The number of imidazole rings is 1. The molecule has 108 valence electrons. The summed E-state index contributed by atoms with van der Waals surface area (Å²) >= 11 is 3.30. The van der Waals surface area contributed by atoms with E-state index in [2.05, 4.69) is 30.9 Å². The third-order valence-corrected chi connectivity index (χ3v) is 3.77. The first-order valence-corrected chi connectivity index (χ1v) is 6.71. The molecule has 0 saturated carbocycles. The summed E-state index contributed by atoms with van der Waals surface area (Å²) in [7, 11) is 0. The van der Waals surface area contributed by atoms with Gasteiger partial charge in [0.2, 0.25) is 5.95 Å². The maximum absolute atomic E-state index is 9.81. The standard InChI is InChI=1S/C10H13BrN6O3/c11-9-14-6-7(12)15-10(13)16-8(6)17(9)5-1-3(19)4(2-18)20-5/h3-5,18-19H,1-2H2,(H4,12,13,15,16). The third-order valence-electron chi connectivity index (χ3n) is 3.21. The van der Waals surface area contributed by atoms with Gasteiger partial charge in [-0.1, -0.05) is 0 Å². The largest absolute Gasteiger partial charge is 0.394 e. The van der Waals surface area contributed by atoms with Gasteiger partial charge in [0, 0.05) is 6.42 Å². The number of rotatable bonds is 2. The number of nitrogens with zero attached hydrogens (tertiary/aromatic N) is 4. The SMILES string of the molecule is Nc1nc(N)c2nc(Br)n(C3CC(O)C(CO)O3)c2n1. The quantitative estimate of drug-likeness (QED) is 0.528. The van der Waals surface area contributed by atoms with Gasteiger partial charge in [0.25, 0.3) is 0 Å². The fourth-order valence-electron chi connectivity index (χ4n) is 2.28. The average Bonchev–Trinajstić information content (AvgIpc) is 2.89. The molecule has 3 rings (SSSR count). The zero-order valence-corrected chi connectivity index (χ0v) is 11.9. The van der Waals surface area contributed by atoms with Crippen LogP contribution in [-0.4, -0.2) is 48.5 Å². The molecule has 0 spiro atoms. The van der Waals surface area contributed by atoms with Crippen LogP contribution in [0.1, 0.15) is 12.6 Å². The molecule has 2 aromatic heterocycles. The molecule has 3 heterocycles. The number of nitrogen functional groups attached to an aromatic ring is 2. The van der Waals surface area contributed by atoms with Gasteiger partial charge in [-0.3, -0.25) is 4.57 Å². The van der Waals surface area contributed by atoms with E-state index in [9.17, 15) is 5.11 Å². The Hall–Kier alpha value is -1.49. The van der Waals surface area contributed by atoms with Crippen LogP contribution in [0.4, 0.5) is 11.8 Å². The van der Waals surface area contributed by atoms with E-state index in [0.717, 1.165) is 0 Å². The third kappa shape index (κ3) is 2.00. The van der Waals surface area contributed by atoms with Crippen LogP contribution >= 0.6 is 15.9 Å². The van der Waals surface area contributed by atoms with Crippen molar-refractivity contribution in [3.63, 3.8) is 0 Å². The minimum atomic E-state index is -0.758. The summed E-state index contributed by atoms with van der Waals surface area (Å²) in [6.07, 6.45) is -1.61. The molecule has 1 fully saturated rings. The number of aliphatic hydroxyl groups is 2. The van der Waals surface area contributed by atoms with Crippen molar-refractivity contribution in [1.29, 1.82) is 0 Å². The van der Waals surface area contributed by atoms with Crippen molar-refractivity contribution in [3.05, 3.63) is 4.73 Å². The molecule has 1 aliphatic heterocycles. The number of halogens is 1. The topological polar surface area (TPSA) is 145 Å². The molecule has 2 aromatic rings. The van der Waals surface area contributed by atoms with E-state index in [1.165, 1.54) is 0 Å². The van der Waals surface area contributed by atoms with Crippen LogP contribution in [0.5, 0.6) is 0 Å². The number of aromatic nitrogens is 4. The minimum absolute atomic E-state index is 0.0286. The van der Waals surface area contributed by atoms with Gasteiger partial charge in [-0.2, -0.15) is 9.97 Å². The average molecular weight is 345 g/mol. The van der Waals surface area contributed by atoms with Crippen LogP contribution in [0.2, 0.25) is 0 Å². The molecular weight excluding hydrogens is 332 g/mol. The van der Waals surface area contributed by atoms with Gasteiger partial charge in [0.15, 0.2) is 21.7 Å². The highest BCUT2D eigenvalue weighted by Gasteiger charge is 2.36. The van der Waals surface area contributed by atoms with Crippen molar-refractivity contribution in [2.75, 3.05) is 18.1 Å². The van der Waals surface area contributed by atoms with E-state index in [1.807, 2.05) is 0 Å². The zero-order valence-electron chi connectivity index (χ0n) is 10.3. The summed E-state index contributed by atoms with van der Waals surface area (Å²) in [5, 5.41) is 18.9. The van der Waals surface area contributed by atoms with Crippen molar-refractivity contribution in [2.45, 2.75) is 24.9 Å². The lowest BCUT2D eigenvalue weighted by atomic mass is 10.2. The van der Waals surface area contributed by atoms with E-state index in [4.69, 9.17) is 21.3 Å². The first kappa shape index (κ1) is 13.5. The summed E-state index contributed by atoms with van der Waals surface area (Å²) in [6.45, 7) is -0.263. The van der Waals surface area contributed by atoms with E-state index in [0.29, 0.717) is 22.3 Å². The summed E-state index contributed by atoms with van der Waals surface area (Å²) < 4.78 is 7.65. The number of aliphatic hydroxyl groups excluding tert-OH is 2. The maximum Gasteiger partial charge on any atom is 0.224 e. The second kappa shape index (κ2) is 4.81. The molecule has 10 heteroatoms. The second-order valence-electron chi connectivity index (χ2n) is 4.50. The van der Waals surface area contributed by atoms with Crippen LogP contribution in [0.25, 0.3) is 11.2 Å². The van der Waals surface area contributed by atoms with Crippen LogP contribution in [0.15, 0.2) is 4.73 Å². The van der Waals surface area contributed by atoms with Crippen LogP contribution in [0, 0.1) is 0 Å². The molecule has 0 amide bonds. The Morgan fingerprint density at radius 1 is 1.35 bits per heavy atom. The van der Waals surface area contributed by atoms with Gasteiger partial charge >= 0.3 is 0 Å². The van der Waals surface area contributed by atoms with E-state index in [-0.39, 0.29) is 18.4 Å². The molecule has 9 nitrogen and oxygen atoms in total. The Morgan fingerprint density at radius 2 is 2.10 bits per heavy atom. The van der Waals surface area contributed by atoms with Crippen LogP contribution in [-0.2, 0) is 4.74 Å². The Bertz CT molecular complexity index is 662. The van der Waals surface area contributed by atoms with Gasteiger partial charge < -0.3 is 26.4 Å². The smallest absolute Gasteiger partial charge is 0.224 e. The Labute approximate surface area is 121 Å². The fraction of sp³-hybridized carbons (Fsp3) is 0.500. The minimum Gasteiger partial charge on any atom is -0.394 e.